The Balaban J connectivity index is 2.03. The summed E-state index contributed by atoms with van der Waals surface area (Å²) in [6.45, 7) is 1.84. The Labute approximate surface area is 123 Å². The van der Waals surface area contributed by atoms with Gasteiger partial charge in [0.1, 0.15) is 0 Å². The molecular formula is C17H16N2O2. The first-order valence-electron chi connectivity index (χ1n) is 6.68. The van der Waals surface area contributed by atoms with Crippen molar-refractivity contribution in [1.82, 2.24) is 9.78 Å². The summed E-state index contributed by atoms with van der Waals surface area (Å²) in [5.41, 5.74) is 3.52. The van der Waals surface area contributed by atoms with Crippen LogP contribution in [0.15, 0.2) is 54.7 Å². The van der Waals surface area contributed by atoms with Crippen molar-refractivity contribution in [3.05, 3.63) is 60.3 Å². The Kier molecular flexibility index (Phi) is 3.36. The summed E-state index contributed by atoms with van der Waals surface area (Å²) in [7, 11) is 1.54. The van der Waals surface area contributed by atoms with Crippen LogP contribution in [0.3, 0.4) is 0 Å². The summed E-state index contributed by atoms with van der Waals surface area (Å²) < 4.78 is 7.02. The van der Waals surface area contributed by atoms with Crippen LogP contribution in [0.2, 0.25) is 0 Å². The van der Waals surface area contributed by atoms with Crippen molar-refractivity contribution < 1.29 is 9.84 Å². The summed E-state index contributed by atoms with van der Waals surface area (Å²) in [6, 6.07) is 15.6. The van der Waals surface area contributed by atoms with Crippen molar-refractivity contribution in [1.29, 1.82) is 0 Å². The lowest BCUT2D eigenvalue weighted by molar-refractivity contribution is 0.372. The number of aryl methyl sites for hydroxylation is 1. The van der Waals surface area contributed by atoms with E-state index in [1.165, 1.54) is 0 Å². The molecule has 0 radical (unpaired) electrons. The number of aromatic hydroxyl groups is 1. The van der Waals surface area contributed by atoms with Crippen LogP contribution in [-0.2, 0) is 0 Å². The smallest absolute Gasteiger partial charge is 0.161 e. The van der Waals surface area contributed by atoms with Gasteiger partial charge in [0.2, 0.25) is 0 Å². The Morgan fingerprint density at radius 2 is 1.86 bits per heavy atom. The molecule has 3 rings (SSSR count). The highest BCUT2D eigenvalue weighted by atomic mass is 16.5. The molecule has 4 heteroatoms. The monoisotopic (exact) mass is 280 g/mol. The summed E-state index contributed by atoms with van der Waals surface area (Å²) in [6.07, 6.45) is 1.92. The van der Waals surface area contributed by atoms with Crippen LogP contribution < -0.4 is 4.74 Å². The number of phenolic OH excluding ortho intramolecular Hbond substituents is 1. The molecule has 0 bridgehead atoms. The SMILES string of the molecule is COc1cc(-c2ccn(-c3ccccc3)n2)cc(C)c1O. The molecule has 1 aromatic heterocycles. The number of ether oxygens (including phenoxy) is 1. The van der Waals surface area contributed by atoms with E-state index in [0.29, 0.717) is 5.75 Å². The van der Waals surface area contributed by atoms with Gasteiger partial charge in [0, 0.05) is 11.8 Å². The molecule has 1 N–H and O–H groups in total. The van der Waals surface area contributed by atoms with E-state index in [0.717, 1.165) is 22.5 Å². The summed E-state index contributed by atoms with van der Waals surface area (Å²) in [5, 5.41) is 14.5. The third-order valence-electron chi connectivity index (χ3n) is 3.39. The van der Waals surface area contributed by atoms with Gasteiger partial charge in [0.15, 0.2) is 11.5 Å². The zero-order valence-electron chi connectivity index (χ0n) is 11.9. The molecule has 21 heavy (non-hydrogen) atoms. The average Bonchev–Trinajstić information content (AvgIpc) is 3.00. The van der Waals surface area contributed by atoms with Crippen LogP contribution in [0.4, 0.5) is 0 Å². The molecule has 0 saturated carbocycles. The first-order chi connectivity index (χ1) is 10.2. The number of para-hydroxylation sites is 1. The van der Waals surface area contributed by atoms with Crippen LogP contribution >= 0.6 is 0 Å². The zero-order chi connectivity index (χ0) is 14.8. The number of rotatable bonds is 3. The maximum atomic E-state index is 9.90. The maximum Gasteiger partial charge on any atom is 0.161 e. The van der Waals surface area contributed by atoms with Crippen molar-refractivity contribution in [3.8, 4) is 28.4 Å². The van der Waals surface area contributed by atoms with Gasteiger partial charge in [-0.3, -0.25) is 0 Å². The molecule has 2 aromatic carbocycles. The molecule has 0 amide bonds. The Hall–Kier alpha value is -2.75. The number of hydrogen-bond donors (Lipinski definition) is 1. The summed E-state index contributed by atoms with van der Waals surface area (Å²) in [4.78, 5) is 0. The molecule has 0 aliphatic heterocycles. The van der Waals surface area contributed by atoms with E-state index in [2.05, 4.69) is 5.10 Å². The van der Waals surface area contributed by atoms with E-state index in [4.69, 9.17) is 4.74 Å². The summed E-state index contributed by atoms with van der Waals surface area (Å²) in [5.74, 6) is 0.628. The van der Waals surface area contributed by atoms with Crippen molar-refractivity contribution in [2.45, 2.75) is 6.92 Å². The minimum atomic E-state index is 0.170. The van der Waals surface area contributed by atoms with Crippen LogP contribution in [0.1, 0.15) is 5.56 Å². The van der Waals surface area contributed by atoms with Gasteiger partial charge in [-0.15, -0.1) is 0 Å². The highest BCUT2D eigenvalue weighted by molar-refractivity contribution is 5.66. The molecule has 0 spiro atoms. The standard InChI is InChI=1S/C17H16N2O2/c1-12-10-13(11-16(21-2)17(12)20)15-8-9-19(18-15)14-6-4-3-5-7-14/h3-11,20H,1-2H3. The fraction of sp³-hybridized carbons (Fsp3) is 0.118. The topological polar surface area (TPSA) is 47.3 Å². The lowest BCUT2D eigenvalue weighted by Gasteiger charge is -2.08. The van der Waals surface area contributed by atoms with Crippen LogP contribution in [0, 0.1) is 6.92 Å². The fourth-order valence-electron chi connectivity index (χ4n) is 2.25. The molecule has 0 saturated heterocycles. The number of aromatic nitrogens is 2. The van der Waals surface area contributed by atoms with E-state index in [-0.39, 0.29) is 5.75 Å². The van der Waals surface area contributed by atoms with Gasteiger partial charge in [0.25, 0.3) is 0 Å². The second kappa shape index (κ2) is 5.32. The maximum absolute atomic E-state index is 9.90. The predicted octanol–water partition coefficient (Wildman–Crippen LogP) is 3.56. The highest BCUT2D eigenvalue weighted by Crippen LogP contribution is 2.34. The van der Waals surface area contributed by atoms with Crippen molar-refractivity contribution in [2.24, 2.45) is 0 Å². The Morgan fingerprint density at radius 3 is 2.57 bits per heavy atom. The van der Waals surface area contributed by atoms with Gasteiger partial charge in [-0.05, 0) is 42.8 Å². The molecular weight excluding hydrogens is 264 g/mol. The third-order valence-corrected chi connectivity index (χ3v) is 3.39. The van der Waals surface area contributed by atoms with Gasteiger partial charge in [-0.1, -0.05) is 18.2 Å². The first kappa shape index (κ1) is 13.2. The van der Waals surface area contributed by atoms with E-state index in [9.17, 15) is 5.11 Å². The number of benzene rings is 2. The predicted molar refractivity (Wildman–Crippen MR) is 82.0 cm³/mol. The second-order valence-corrected chi connectivity index (χ2v) is 4.83. The zero-order valence-corrected chi connectivity index (χ0v) is 11.9. The first-order valence-corrected chi connectivity index (χ1v) is 6.68. The number of phenols is 1. The van der Waals surface area contributed by atoms with Gasteiger partial charge >= 0.3 is 0 Å². The molecule has 0 unspecified atom stereocenters. The van der Waals surface area contributed by atoms with Gasteiger partial charge < -0.3 is 9.84 Å². The second-order valence-electron chi connectivity index (χ2n) is 4.83. The molecule has 1 heterocycles. The molecule has 3 aromatic rings. The van der Waals surface area contributed by atoms with Crippen molar-refractivity contribution >= 4 is 0 Å². The lowest BCUT2D eigenvalue weighted by atomic mass is 10.1. The van der Waals surface area contributed by atoms with Gasteiger partial charge in [-0.25, -0.2) is 4.68 Å². The number of methoxy groups -OCH3 is 1. The van der Waals surface area contributed by atoms with Crippen molar-refractivity contribution in [2.75, 3.05) is 7.11 Å². The van der Waals surface area contributed by atoms with E-state index >= 15 is 0 Å². The lowest BCUT2D eigenvalue weighted by Crippen LogP contribution is -1.94. The average molecular weight is 280 g/mol. The van der Waals surface area contributed by atoms with E-state index in [1.807, 2.05) is 60.3 Å². The minimum absolute atomic E-state index is 0.170. The normalized spacial score (nSPS) is 10.6. The number of nitrogens with zero attached hydrogens (tertiary/aromatic N) is 2. The van der Waals surface area contributed by atoms with Gasteiger partial charge in [-0.2, -0.15) is 5.10 Å². The van der Waals surface area contributed by atoms with Crippen LogP contribution in [0.25, 0.3) is 16.9 Å². The molecule has 4 nitrogen and oxygen atoms in total. The van der Waals surface area contributed by atoms with E-state index in [1.54, 1.807) is 13.2 Å². The molecule has 0 atom stereocenters. The quantitative estimate of drug-likeness (QED) is 0.798. The highest BCUT2D eigenvalue weighted by Gasteiger charge is 2.11. The Bertz CT molecular complexity index is 764. The fourth-order valence-corrected chi connectivity index (χ4v) is 2.25. The minimum Gasteiger partial charge on any atom is -0.504 e. The largest absolute Gasteiger partial charge is 0.504 e. The molecule has 0 aliphatic rings. The van der Waals surface area contributed by atoms with Crippen LogP contribution in [0.5, 0.6) is 11.5 Å². The third kappa shape index (κ3) is 2.48. The Morgan fingerprint density at radius 1 is 1.10 bits per heavy atom. The molecule has 0 fully saturated rings. The number of hydrogen-bond acceptors (Lipinski definition) is 3. The summed E-state index contributed by atoms with van der Waals surface area (Å²) >= 11 is 0. The van der Waals surface area contributed by atoms with E-state index < -0.39 is 0 Å². The van der Waals surface area contributed by atoms with Gasteiger partial charge in [0.05, 0.1) is 18.5 Å². The van der Waals surface area contributed by atoms with Crippen molar-refractivity contribution in [3.63, 3.8) is 0 Å². The molecule has 0 aliphatic carbocycles. The molecule has 106 valence electrons. The van der Waals surface area contributed by atoms with Crippen LogP contribution in [-0.4, -0.2) is 22.0 Å².